The van der Waals surface area contributed by atoms with E-state index in [2.05, 4.69) is 11.3 Å². The number of carboxylic acids is 1. The van der Waals surface area contributed by atoms with E-state index >= 15 is 0 Å². The first-order valence-corrected chi connectivity index (χ1v) is 3.08. The van der Waals surface area contributed by atoms with E-state index in [-0.39, 0.29) is 6.10 Å². The molecule has 0 aliphatic carbocycles. The molecule has 62 valence electrons. The van der Waals surface area contributed by atoms with Gasteiger partial charge in [0.25, 0.3) is 0 Å². The molecule has 0 rings (SSSR count). The monoisotopic (exact) mass is 158 g/mol. The number of aliphatic carboxylic acids is 1. The Bertz CT molecular complexity index is 193. The fourth-order valence-corrected chi connectivity index (χ4v) is 0.373. The topological polar surface area (TPSA) is 63.6 Å². The van der Waals surface area contributed by atoms with E-state index in [1.807, 2.05) is 0 Å². The summed E-state index contributed by atoms with van der Waals surface area (Å²) in [6, 6.07) is 0. The summed E-state index contributed by atoms with van der Waals surface area (Å²) in [7, 11) is 0. The van der Waals surface area contributed by atoms with Crippen LogP contribution in [0.3, 0.4) is 0 Å². The second kappa shape index (κ2) is 3.75. The summed E-state index contributed by atoms with van der Waals surface area (Å²) in [6.07, 6.45) is -0.321. The van der Waals surface area contributed by atoms with Gasteiger partial charge in [-0.25, -0.2) is 9.59 Å². The predicted molar refractivity (Wildman–Crippen MR) is 38.0 cm³/mol. The molecule has 0 aromatic carbocycles. The minimum atomic E-state index is -1.35. The standard InChI is InChI=1S/C7H10O4/c1-4(2)11-7(10)5(3)6(8)9/h4H,3H2,1-2H3,(H,8,9). The van der Waals surface area contributed by atoms with Crippen molar-refractivity contribution in [2.45, 2.75) is 20.0 Å². The summed E-state index contributed by atoms with van der Waals surface area (Å²) in [5.41, 5.74) is -0.543. The molecule has 0 aliphatic heterocycles. The molecule has 0 heterocycles. The fraction of sp³-hybridized carbons (Fsp3) is 0.429. The highest BCUT2D eigenvalue weighted by atomic mass is 16.5. The number of rotatable bonds is 3. The Morgan fingerprint density at radius 3 is 2.18 bits per heavy atom. The maximum atomic E-state index is 10.7. The minimum Gasteiger partial charge on any atom is -0.477 e. The largest absolute Gasteiger partial charge is 0.477 e. The van der Waals surface area contributed by atoms with E-state index in [1.165, 1.54) is 0 Å². The van der Waals surface area contributed by atoms with Gasteiger partial charge in [-0.05, 0) is 13.8 Å². The maximum absolute atomic E-state index is 10.7. The summed E-state index contributed by atoms with van der Waals surface area (Å²) >= 11 is 0. The molecule has 11 heavy (non-hydrogen) atoms. The number of hydrogen-bond donors (Lipinski definition) is 1. The molecule has 0 atom stereocenters. The van der Waals surface area contributed by atoms with Gasteiger partial charge in [-0.15, -0.1) is 0 Å². The quantitative estimate of drug-likeness (QED) is 0.282. The van der Waals surface area contributed by atoms with E-state index in [0.29, 0.717) is 0 Å². The molecule has 4 heteroatoms. The Morgan fingerprint density at radius 1 is 1.45 bits per heavy atom. The molecule has 0 saturated carbocycles. The molecular formula is C7H10O4. The number of hydrogen-bond acceptors (Lipinski definition) is 3. The van der Waals surface area contributed by atoms with E-state index in [1.54, 1.807) is 13.8 Å². The summed E-state index contributed by atoms with van der Waals surface area (Å²) in [6.45, 7) is 6.30. The third-order valence-corrected chi connectivity index (χ3v) is 0.847. The zero-order valence-electron chi connectivity index (χ0n) is 6.46. The molecule has 0 fully saturated rings. The smallest absolute Gasteiger partial charge is 0.345 e. The second-order valence-corrected chi connectivity index (χ2v) is 2.24. The van der Waals surface area contributed by atoms with Crippen LogP contribution in [0.1, 0.15) is 13.8 Å². The first-order chi connectivity index (χ1) is 4.95. The molecule has 0 unspecified atom stereocenters. The van der Waals surface area contributed by atoms with Crippen LogP contribution in [0.25, 0.3) is 0 Å². The highest BCUT2D eigenvalue weighted by molar-refractivity contribution is 6.12. The first kappa shape index (κ1) is 9.68. The van der Waals surface area contributed by atoms with Crippen LogP contribution < -0.4 is 0 Å². The lowest BCUT2D eigenvalue weighted by Gasteiger charge is -2.06. The van der Waals surface area contributed by atoms with Crippen LogP contribution in [0.2, 0.25) is 0 Å². The van der Waals surface area contributed by atoms with E-state index in [9.17, 15) is 9.59 Å². The van der Waals surface area contributed by atoms with Gasteiger partial charge >= 0.3 is 11.9 Å². The molecule has 0 aliphatic rings. The molecular weight excluding hydrogens is 148 g/mol. The van der Waals surface area contributed by atoms with E-state index in [4.69, 9.17) is 5.11 Å². The summed E-state index contributed by atoms with van der Waals surface area (Å²) in [4.78, 5) is 20.8. The highest BCUT2D eigenvalue weighted by Crippen LogP contribution is 1.97. The van der Waals surface area contributed by atoms with Gasteiger partial charge in [-0.1, -0.05) is 6.58 Å². The Morgan fingerprint density at radius 2 is 1.91 bits per heavy atom. The molecule has 1 N–H and O–H groups in total. The minimum absolute atomic E-state index is 0.321. The zero-order chi connectivity index (χ0) is 9.02. The number of carbonyl (C=O) groups is 2. The number of esters is 1. The molecule has 4 nitrogen and oxygen atoms in total. The average molecular weight is 158 g/mol. The molecule has 0 bridgehead atoms. The second-order valence-electron chi connectivity index (χ2n) is 2.24. The highest BCUT2D eigenvalue weighted by Gasteiger charge is 2.16. The third kappa shape index (κ3) is 3.40. The zero-order valence-corrected chi connectivity index (χ0v) is 6.46. The van der Waals surface area contributed by atoms with Crippen LogP contribution in [0, 0.1) is 0 Å². The lowest BCUT2D eigenvalue weighted by atomic mass is 10.3. The van der Waals surface area contributed by atoms with Crippen LogP contribution in [0.5, 0.6) is 0 Å². The summed E-state index contributed by atoms with van der Waals surface area (Å²) in [5, 5.41) is 8.26. The Hall–Kier alpha value is -1.32. The SMILES string of the molecule is C=C(C(=O)O)C(=O)OC(C)C. The molecule has 0 aromatic heterocycles. The molecule has 0 amide bonds. The van der Waals surface area contributed by atoms with Crippen LogP contribution in [0.4, 0.5) is 0 Å². The van der Waals surface area contributed by atoms with Gasteiger partial charge in [0.15, 0.2) is 0 Å². The molecule has 0 radical (unpaired) electrons. The van der Waals surface area contributed by atoms with Gasteiger partial charge in [-0.3, -0.25) is 0 Å². The number of ether oxygens (including phenoxy) is 1. The first-order valence-electron chi connectivity index (χ1n) is 3.08. The van der Waals surface area contributed by atoms with Gasteiger partial charge in [-0.2, -0.15) is 0 Å². The Balaban J connectivity index is 4.05. The Labute approximate surface area is 64.5 Å². The third-order valence-electron chi connectivity index (χ3n) is 0.847. The van der Waals surface area contributed by atoms with Crippen molar-refractivity contribution < 1.29 is 19.4 Å². The van der Waals surface area contributed by atoms with Crippen molar-refractivity contribution in [2.24, 2.45) is 0 Å². The van der Waals surface area contributed by atoms with Crippen molar-refractivity contribution in [3.8, 4) is 0 Å². The molecule has 0 aromatic rings. The summed E-state index contributed by atoms with van der Waals surface area (Å²) in [5.74, 6) is -2.23. The van der Waals surface area contributed by atoms with Crippen LogP contribution in [-0.2, 0) is 14.3 Å². The summed E-state index contributed by atoms with van der Waals surface area (Å²) < 4.78 is 4.55. The van der Waals surface area contributed by atoms with Crippen molar-refractivity contribution in [2.75, 3.05) is 0 Å². The van der Waals surface area contributed by atoms with Gasteiger partial charge in [0.2, 0.25) is 0 Å². The molecule has 0 saturated heterocycles. The van der Waals surface area contributed by atoms with Gasteiger partial charge in [0.05, 0.1) is 6.10 Å². The van der Waals surface area contributed by atoms with Gasteiger partial charge in [0.1, 0.15) is 5.57 Å². The number of carboxylic acid groups (broad SMARTS) is 1. The van der Waals surface area contributed by atoms with Crippen molar-refractivity contribution in [1.29, 1.82) is 0 Å². The van der Waals surface area contributed by atoms with Crippen molar-refractivity contribution in [3.63, 3.8) is 0 Å². The van der Waals surface area contributed by atoms with Crippen LogP contribution in [0.15, 0.2) is 12.2 Å². The van der Waals surface area contributed by atoms with Crippen molar-refractivity contribution in [3.05, 3.63) is 12.2 Å². The van der Waals surface area contributed by atoms with E-state index in [0.717, 1.165) is 0 Å². The molecule has 0 spiro atoms. The van der Waals surface area contributed by atoms with Crippen LogP contribution >= 0.6 is 0 Å². The maximum Gasteiger partial charge on any atom is 0.345 e. The normalized spacial score (nSPS) is 9.36. The predicted octanol–water partition coefficient (Wildman–Crippen LogP) is 0.579. The average Bonchev–Trinajstić information content (AvgIpc) is 1.84. The number of carbonyl (C=O) groups excluding carboxylic acids is 1. The lowest BCUT2D eigenvalue weighted by Crippen LogP contribution is -2.17. The van der Waals surface area contributed by atoms with Gasteiger partial charge < -0.3 is 9.84 Å². The Kier molecular flexibility index (Phi) is 3.30. The lowest BCUT2D eigenvalue weighted by molar-refractivity contribution is -0.146. The van der Waals surface area contributed by atoms with E-state index < -0.39 is 17.5 Å². The van der Waals surface area contributed by atoms with Crippen molar-refractivity contribution >= 4 is 11.9 Å². The fourth-order valence-electron chi connectivity index (χ4n) is 0.373. The van der Waals surface area contributed by atoms with Crippen LogP contribution in [-0.4, -0.2) is 23.1 Å². The van der Waals surface area contributed by atoms with Gasteiger partial charge in [0, 0.05) is 0 Å². The van der Waals surface area contributed by atoms with Crippen molar-refractivity contribution in [1.82, 2.24) is 0 Å².